The van der Waals surface area contributed by atoms with Crippen LogP contribution >= 0.6 is 0 Å². The molecule has 1 rings (SSSR count). The Hall–Kier alpha value is -0.380. The summed E-state index contributed by atoms with van der Waals surface area (Å²) in [4.78, 5) is 0. The number of alkyl halides is 3. The summed E-state index contributed by atoms with van der Waals surface area (Å²) >= 11 is 0. The van der Waals surface area contributed by atoms with E-state index in [1.807, 2.05) is 13.8 Å². The first kappa shape index (κ1) is 18.7. The van der Waals surface area contributed by atoms with Gasteiger partial charge in [0.05, 0.1) is 0 Å². The Balaban J connectivity index is 2.65. The first-order valence-corrected chi connectivity index (χ1v) is 8.43. The van der Waals surface area contributed by atoms with Crippen LogP contribution in [-0.2, 0) is 10.2 Å². The smallest absolute Gasteiger partial charge is 0.314 e. The molecule has 0 aliphatic carbocycles. The number of nitrogens with one attached hydrogen (secondary N) is 1. The predicted octanol–water partition coefficient (Wildman–Crippen LogP) is 1.44. The molecule has 1 aliphatic heterocycles. The third-order valence-electron chi connectivity index (χ3n) is 3.42. The maximum absolute atomic E-state index is 12.4. The van der Waals surface area contributed by atoms with Crippen LogP contribution in [0.2, 0.25) is 0 Å². The van der Waals surface area contributed by atoms with Crippen LogP contribution in [0.4, 0.5) is 13.2 Å². The van der Waals surface area contributed by atoms with Gasteiger partial charge in [-0.15, -0.1) is 0 Å². The Morgan fingerprint density at radius 1 is 1.38 bits per heavy atom. The van der Waals surface area contributed by atoms with Crippen LogP contribution in [-0.4, -0.2) is 62.5 Å². The average Bonchev–Trinajstić information content (AvgIpc) is 2.34. The molecule has 1 saturated heterocycles. The highest BCUT2D eigenvalue weighted by atomic mass is 32.2. The second-order valence-corrected chi connectivity index (χ2v) is 7.84. The first-order chi connectivity index (χ1) is 9.52. The second kappa shape index (κ2) is 7.26. The van der Waals surface area contributed by atoms with Crippen LogP contribution in [0.15, 0.2) is 0 Å². The number of nitrogens with zero attached hydrogens (tertiary/aromatic N) is 2. The summed E-state index contributed by atoms with van der Waals surface area (Å²) in [6, 6.07) is 0.296. The number of halogens is 3. The Labute approximate surface area is 124 Å². The first-order valence-electron chi connectivity index (χ1n) is 7.04. The van der Waals surface area contributed by atoms with E-state index in [2.05, 4.69) is 5.32 Å². The lowest BCUT2D eigenvalue weighted by Gasteiger charge is -2.35. The number of hydrogen-bond donors (Lipinski definition) is 1. The van der Waals surface area contributed by atoms with E-state index in [1.54, 1.807) is 0 Å². The standard InChI is InChI=1S/C12H24F3N3O2S/c1-10(2)16-7-11-5-4-6-18(8-11)21(19,20)17(3)9-12(13,14)15/h10-11,16H,4-9H2,1-3H3. The van der Waals surface area contributed by atoms with E-state index in [4.69, 9.17) is 0 Å². The Morgan fingerprint density at radius 3 is 2.52 bits per heavy atom. The molecule has 0 aromatic rings. The molecule has 0 radical (unpaired) electrons. The minimum absolute atomic E-state index is 0.134. The van der Waals surface area contributed by atoms with Crippen molar-refractivity contribution in [3.63, 3.8) is 0 Å². The molecule has 1 N–H and O–H groups in total. The maximum Gasteiger partial charge on any atom is 0.402 e. The van der Waals surface area contributed by atoms with Gasteiger partial charge in [0.15, 0.2) is 0 Å². The molecular formula is C12H24F3N3O2S. The Bertz CT molecular complexity index is 426. The average molecular weight is 331 g/mol. The van der Waals surface area contributed by atoms with E-state index in [0.717, 1.165) is 17.8 Å². The molecule has 9 heteroatoms. The van der Waals surface area contributed by atoms with Gasteiger partial charge in [-0.05, 0) is 25.3 Å². The van der Waals surface area contributed by atoms with Gasteiger partial charge in [0.2, 0.25) is 0 Å². The van der Waals surface area contributed by atoms with Gasteiger partial charge in [-0.25, -0.2) is 0 Å². The molecule has 21 heavy (non-hydrogen) atoms. The van der Waals surface area contributed by atoms with Crippen molar-refractivity contribution in [3.8, 4) is 0 Å². The van der Waals surface area contributed by atoms with Gasteiger partial charge >= 0.3 is 6.18 Å². The molecule has 5 nitrogen and oxygen atoms in total. The molecule has 0 bridgehead atoms. The third-order valence-corrected chi connectivity index (χ3v) is 5.32. The van der Waals surface area contributed by atoms with Crippen LogP contribution < -0.4 is 5.32 Å². The quantitative estimate of drug-likeness (QED) is 0.801. The molecule has 1 unspecified atom stereocenters. The summed E-state index contributed by atoms with van der Waals surface area (Å²) in [7, 11) is -3.08. The summed E-state index contributed by atoms with van der Waals surface area (Å²) in [6.45, 7) is 3.75. The van der Waals surface area contributed by atoms with Gasteiger partial charge in [0.1, 0.15) is 6.54 Å². The molecule has 1 fully saturated rings. The van der Waals surface area contributed by atoms with E-state index in [9.17, 15) is 21.6 Å². The van der Waals surface area contributed by atoms with Crippen molar-refractivity contribution in [1.29, 1.82) is 0 Å². The fourth-order valence-corrected chi connectivity index (χ4v) is 3.80. The summed E-state index contributed by atoms with van der Waals surface area (Å²) in [5, 5.41) is 3.24. The van der Waals surface area contributed by atoms with Crippen molar-refractivity contribution >= 4 is 10.2 Å². The minimum atomic E-state index is -4.53. The van der Waals surface area contributed by atoms with Crippen LogP contribution in [0, 0.1) is 5.92 Å². The van der Waals surface area contributed by atoms with E-state index >= 15 is 0 Å². The van der Waals surface area contributed by atoms with Gasteiger partial charge in [-0.1, -0.05) is 13.8 Å². The third kappa shape index (κ3) is 6.09. The SMILES string of the molecule is CC(C)NCC1CCCN(S(=O)(=O)N(C)CC(F)(F)F)C1. The lowest BCUT2D eigenvalue weighted by molar-refractivity contribution is -0.134. The highest BCUT2D eigenvalue weighted by Gasteiger charge is 2.38. The molecule has 0 aromatic carbocycles. The van der Waals surface area contributed by atoms with E-state index in [1.165, 1.54) is 0 Å². The summed E-state index contributed by atoms with van der Waals surface area (Å²) in [5.74, 6) is 0.134. The van der Waals surface area contributed by atoms with E-state index in [0.29, 0.717) is 23.3 Å². The molecule has 126 valence electrons. The lowest BCUT2D eigenvalue weighted by atomic mass is 9.99. The Morgan fingerprint density at radius 2 is 2.00 bits per heavy atom. The lowest BCUT2D eigenvalue weighted by Crippen LogP contribution is -2.50. The topological polar surface area (TPSA) is 52.7 Å². The van der Waals surface area contributed by atoms with E-state index < -0.39 is 22.9 Å². The van der Waals surface area contributed by atoms with Gasteiger partial charge < -0.3 is 5.32 Å². The van der Waals surface area contributed by atoms with Crippen LogP contribution in [0.25, 0.3) is 0 Å². The van der Waals surface area contributed by atoms with Crippen molar-refractivity contribution in [1.82, 2.24) is 13.9 Å². The fourth-order valence-electron chi connectivity index (χ4n) is 2.34. The molecule has 0 amide bonds. The predicted molar refractivity (Wildman–Crippen MR) is 75.0 cm³/mol. The molecule has 0 aromatic heterocycles. The molecule has 0 saturated carbocycles. The normalized spacial score (nSPS) is 22.2. The molecule has 1 atom stereocenters. The molecule has 1 heterocycles. The molecule has 1 aliphatic rings. The monoisotopic (exact) mass is 331 g/mol. The van der Waals surface area contributed by atoms with E-state index in [-0.39, 0.29) is 19.0 Å². The molecular weight excluding hydrogens is 307 g/mol. The largest absolute Gasteiger partial charge is 0.402 e. The van der Waals surface area contributed by atoms with Crippen LogP contribution in [0.3, 0.4) is 0 Å². The zero-order valence-electron chi connectivity index (χ0n) is 12.7. The van der Waals surface area contributed by atoms with Crippen molar-refractivity contribution in [2.75, 3.05) is 33.2 Å². The highest BCUT2D eigenvalue weighted by molar-refractivity contribution is 7.86. The molecule has 0 spiro atoms. The zero-order chi connectivity index (χ0) is 16.3. The van der Waals surface area contributed by atoms with Crippen molar-refractivity contribution < 1.29 is 21.6 Å². The van der Waals surface area contributed by atoms with Crippen LogP contribution in [0.5, 0.6) is 0 Å². The van der Waals surface area contributed by atoms with Crippen molar-refractivity contribution in [2.45, 2.75) is 38.9 Å². The Kier molecular flexibility index (Phi) is 6.45. The van der Waals surface area contributed by atoms with Crippen molar-refractivity contribution in [2.24, 2.45) is 5.92 Å². The van der Waals surface area contributed by atoms with Gasteiger partial charge in [-0.3, -0.25) is 0 Å². The number of rotatable bonds is 6. The highest BCUT2D eigenvalue weighted by Crippen LogP contribution is 2.23. The minimum Gasteiger partial charge on any atom is -0.314 e. The summed E-state index contributed by atoms with van der Waals surface area (Å²) < 4.78 is 63.0. The summed E-state index contributed by atoms with van der Waals surface area (Å²) in [5.41, 5.74) is 0. The van der Waals surface area contributed by atoms with Crippen LogP contribution in [0.1, 0.15) is 26.7 Å². The van der Waals surface area contributed by atoms with Crippen molar-refractivity contribution in [3.05, 3.63) is 0 Å². The number of hydrogen-bond acceptors (Lipinski definition) is 3. The second-order valence-electron chi connectivity index (χ2n) is 5.81. The van der Waals surface area contributed by atoms with Gasteiger partial charge in [0, 0.05) is 26.2 Å². The van der Waals surface area contributed by atoms with Gasteiger partial charge in [0.25, 0.3) is 10.2 Å². The maximum atomic E-state index is 12.4. The fraction of sp³-hybridized carbons (Fsp3) is 1.00. The zero-order valence-corrected chi connectivity index (χ0v) is 13.5. The van der Waals surface area contributed by atoms with Gasteiger partial charge in [-0.2, -0.15) is 30.2 Å². The number of piperidine rings is 1. The summed E-state index contributed by atoms with van der Waals surface area (Å²) in [6.07, 6.45) is -2.98.